The molecule has 30 heavy (non-hydrogen) atoms. The Morgan fingerprint density at radius 2 is 1.63 bits per heavy atom. The Balaban J connectivity index is 1.63. The van der Waals surface area contributed by atoms with E-state index in [1.165, 1.54) is 12.7 Å². The van der Waals surface area contributed by atoms with Crippen molar-refractivity contribution >= 4 is 17.0 Å². The average molecular weight is 399 g/mol. The number of nitrogens with zero attached hydrogens (tertiary/aromatic N) is 2. The molecule has 0 amide bonds. The molecule has 3 aromatic carbocycles. The largest absolute Gasteiger partial charge is 0.469 e. The predicted molar refractivity (Wildman–Crippen MR) is 121 cm³/mol. The minimum absolute atomic E-state index is 0.128. The second-order valence-corrected chi connectivity index (χ2v) is 7.43. The number of benzene rings is 3. The van der Waals surface area contributed by atoms with E-state index >= 15 is 0 Å². The first-order chi connectivity index (χ1) is 14.8. The highest BCUT2D eigenvalue weighted by molar-refractivity contribution is 5.83. The number of para-hydroxylation sites is 1. The lowest BCUT2D eigenvalue weighted by molar-refractivity contribution is -0.140. The van der Waals surface area contributed by atoms with Gasteiger partial charge in [-0.3, -0.25) is 9.36 Å². The topological polar surface area (TPSA) is 44.1 Å². The number of hydrogen-bond acceptors (Lipinski definition) is 3. The van der Waals surface area contributed by atoms with Crippen LogP contribution in [0, 0.1) is 0 Å². The Hall–Kier alpha value is -3.40. The van der Waals surface area contributed by atoms with Crippen molar-refractivity contribution in [2.75, 3.05) is 7.11 Å². The fourth-order valence-electron chi connectivity index (χ4n) is 3.77. The number of fused-ring (bicyclic) bond motifs is 1. The standard InChI is InChI=1S/C26H26N2O2/c1-30-25(29)16-10-2-5-11-20-17-18-23-24(19-20)28(22-14-8-4-9-15-22)26(27-23)21-12-6-3-7-13-21/h3-4,6-9,12-15,17-19H,2,5,10-11,16H2,1H3. The van der Waals surface area contributed by atoms with Crippen molar-refractivity contribution in [3.8, 4) is 17.1 Å². The highest BCUT2D eigenvalue weighted by atomic mass is 16.5. The van der Waals surface area contributed by atoms with Crippen LogP contribution in [0.1, 0.15) is 31.2 Å². The van der Waals surface area contributed by atoms with Gasteiger partial charge in [0.2, 0.25) is 0 Å². The van der Waals surface area contributed by atoms with Gasteiger partial charge in [-0.15, -0.1) is 0 Å². The van der Waals surface area contributed by atoms with Crippen molar-refractivity contribution in [2.45, 2.75) is 32.1 Å². The predicted octanol–water partition coefficient (Wildman–Crippen LogP) is 5.97. The van der Waals surface area contributed by atoms with Crippen LogP contribution in [-0.2, 0) is 16.0 Å². The van der Waals surface area contributed by atoms with E-state index in [4.69, 9.17) is 9.72 Å². The van der Waals surface area contributed by atoms with Crippen LogP contribution in [0.4, 0.5) is 0 Å². The molecule has 0 saturated heterocycles. The van der Waals surface area contributed by atoms with E-state index < -0.39 is 0 Å². The molecule has 0 atom stereocenters. The molecule has 0 unspecified atom stereocenters. The summed E-state index contributed by atoms with van der Waals surface area (Å²) in [7, 11) is 1.44. The Bertz CT molecular complexity index is 1120. The third kappa shape index (κ3) is 4.43. The third-order valence-corrected chi connectivity index (χ3v) is 5.34. The highest BCUT2D eigenvalue weighted by Crippen LogP contribution is 2.29. The number of methoxy groups -OCH3 is 1. The quantitative estimate of drug-likeness (QED) is 0.271. The maximum Gasteiger partial charge on any atom is 0.305 e. The zero-order chi connectivity index (χ0) is 20.8. The number of unbranched alkanes of at least 4 members (excludes halogenated alkanes) is 2. The summed E-state index contributed by atoms with van der Waals surface area (Å²) in [6.45, 7) is 0. The summed E-state index contributed by atoms with van der Waals surface area (Å²) in [6, 6.07) is 27.2. The van der Waals surface area contributed by atoms with E-state index in [2.05, 4.69) is 59.2 Å². The molecule has 152 valence electrons. The molecule has 0 spiro atoms. The minimum atomic E-state index is -0.128. The van der Waals surface area contributed by atoms with E-state index in [9.17, 15) is 4.79 Å². The minimum Gasteiger partial charge on any atom is -0.469 e. The van der Waals surface area contributed by atoms with Gasteiger partial charge in [-0.2, -0.15) is 0 Å². The number of aryl methyl sites for hydroxylation is 1. The molecule has 1 heterocycles. The van der Waals surface area contributed by atoms with E-state index in [0.717, 1.165) is 53.8 Å². The number of rotatable bonds is 8. The van der Waals surface area contributed by atoms with Gasteiger partial charge in [0, 0.05) is 17.7 Å². The lowest BCUT2D eigenvalue weighted by Gasteiger charge is -2.10. The third-order valence-electron chi connectivity index (χ3n) is 5.34. The van der Waals surface area contributed by atoms with Crippen molar-refractivity contribution in [3.05, 3.63) is 84.4 Å². The first-order valence-electron chi connectivity index (χ1n) is 10.5. The lowest BCUT2D eigenvalue weighted by atomic mass is 10.1. The molecule has 4 nitrogen and oxygen atoms in total. The average Bonchev–Trinajstić information content (AvgIpc) is 3.18. The molecule has 4 aromatic rings. The Kier molecular flexibility index (Phi) is 6.23. The smallest absolute Gasteiger partial charge is 0.305 e. The number of ether oxygens (including phenoxy) is 1. The molecule has 0 saturated carbocycles. The normalized spacial score (nSPS) is 11.0. The van der Waals surface area contributed by atoms with Crippen LogP contribution in [0.5, 0.6) is 0 Å². The van der Waals surface area contributed by atoms with Crippen LogP contribution in [0.15, 0.2) is 78.9 Å². The Labute approximate surface area is 177 Å². The molecular weight excluding hydrogens is 372 g/mol. The van der Waals surface area contributed by atoms with Gasteiger partial charge in [-0.25, -0.2) is 4.98 Å². The highest BCUT2D eigenvalue weighted by Gasteiger charge is 2.14. The van der Waals surface area contributed by atoms with Gasteiger partial charge in [0.1, 0.15) is 5.82 Å². The van der Waals surface area contributed by atoms with Crippen LogP contribution in [0.3, 0.4) is 0 Å². The Morgan fingerprint density at radius 1 is 0.900 bits per heavy atom. The van der Waals surface area contributed by atoms with Crippen LogP contribution >= 0.6 is 0 Å². The van der Waals surface area contributed by atoms with Crippen molar-refractivity contribution in [2.24, 2.45) is 0 Å². The fraction of sp³-hybridized carbons (Fsp3) is 0.231. The van der Waals surface area contributed by atoms with Crippen LogP contribution in [-0.4, -0.2) is 22.6 Å². The summed E-state index contributed by atoms with van der Waals surface area (Å²) in [5, 5.41) is 0. The molecule has 0 radical (unpaired) electrons. The van der Waals surface area contributed by atoms with Crippen LogP contribution < -0.4 is 0 Å². The number of carbonyl (C=O) groups excluding carboxylic acids is 1. The second kappa shape index (κ2) is 9.40. The molecule has 1 aromatic heterocycles. The molecule has 0 fully saturated rings. The summed E-state index contributed by atoms with van der Waals surface area (Å²) in [4.78, 5) is 16.2. The molecular formula is C26H26N2O2. The monoisotopic (exact) mass is 398 g/mol. The van der Waals surface area contributed by atoms with Gasteiger partial charge in [-0.05, 0) is 49.1 Å². The first-order valence-corrected chi connectivity index (χ1v) is 10.5. The summed E-state index contributed by atoms with van der Waals surface area (Å²) in [5.74, 6) is 0.823. The zero-order valence-corrected chi connectivity index (χ0v) is 17.3. The van der Waals surface area contributed by atoms with Gasteiger partial charge >= 0.3 is 5.97 Å². The fourth-order valence-corrected chi connectivity index (χ4v) is 3.77. The van der Waals surface area contributed by atoms with E-state index in [1.807, 2.05) is 24.3 Å². The van der Waals surface area contributed by atoms with Crippen molar-refractivity contribution < 1.29 is 9.53 Å². The summed E-state index contributed by atoms with van der Waals surface area (Å²) in [6.07, 6.45) is 4.41. The number of carbonyl (C=O) groups is 1. The van der Waals surface area contributed by atoms with Gasteiger partial charge < -0.3 is 4.74 Å². The number of aromatic nitrogens is 2. The van der Waals surface area contributed by atoms with Gasteiger partial charge in [0.25, 0.3) is 0 Å². The van der Waals surface area contributed by atoms with Gasteiger partial charge in [0.05, 0.1) is 18.1 Å². The van der Waals surface area contributed by atoms with Gasteiger partial charge in [-0.1, -0.05) is 61.0 Å². The van der Waals surface area contributed by atoms with E-state index in [1.54, 1.807) is 0 Å². The van der Waals surface area contributed by atoms with Crippen molar-refractivity contribution in [3.63, 3.8) is 0 Å². The number of esters is 1. The first kappa shape index (κ1) is 19.9. The maximum absolute atomic E-state index is 11.3. The molecule has 0 aliphatic heterocycles. The zero-order valence-electron chi connectivity index (χ0n) is 17.3. The summed E-state index contributed by atoms with van der Waals surface area (Å²) >= 11 is 0. The molecule has 0 bridgehead atoms. The number of hydrogen-bond donors (Lipinski definition) is 0. The van der Waals surface area contributed by atoms with Crippen LogP contribution in [0.25, 0.3) is 28.1 Å². The van der Waals surface area contributed by atoms with Crippen LogP contribution in [0.2, 0.25) is 0 Å². The molecule has 0 aliphatic rings. The summed E-state index contributed by atoms with van der Waals surface area (Å²) in [5.41, 5.74) is 5.60. The van der Waals surface area contributed by atoms with Gasteiger partial charge in [0.15, 0.2) is 0 Å². The molecule has 0 N–H and O–H groups in total. The molecule has 4 rings (SSSR count). The van der Waals surface area contributed by atoms with Crippen molar-refractivity contribution in [1.82, 2.24) is 9.55 Å². The molecule has 4 heteroatoms. The van der Waals surface area contributed by atoms with E-state index in [0.29, 0.717) is 6.42 Å². The SMILES string of the molecule is COC(=O)CCCCCc1ccc2nc(-c3ccccc3)n(-c3ccccc3)c2c1. The second-order valence-electron chi connectivity index (χ2n) is 7.43. The lowest BCUT2D eigenvalue weighted by Crippen LogP contribution is -1.99. The Morgan fingerprint density at radius 3 is 2.37 bits per heavy atom. The van der Waals surface area contributed by atoms with Crippen molar-refractivity contribution in [1.29, 1.82) is 0 Å². The summed E-state index contributed by atoms with van der Waals surface area (Å²) < 4.78 is 6.95. The maximum atomic E-state index is 11.3. The molecule has 0 aliphatic carbocycles. The number of imidazole rings is 1. The van der Waals surface area contributed by atoms with E-state index in [-0.39, 0.29) is 5.97 Å².